The van der Waals surface area contributed by atoms with Crippen molar-refractivity contribution in [3.63, 3.8) is 0 Å². The van der Waals surface area contributed by atoms with Crippen molar-refractivity contribution in [2.45, 2.75) is 4.90 Å². The van der Waals surface area contributed by atoms with Gasteiger partial charge in [-0.25, -0.2) is 17.5 Å². The number of nitrogens with one attached hydrogen (secondary N) is 1. The summed E-state index contributed by atoms with van der Waals surface area (Å²) in [6.07, 6.45) is 3.13. The van der Waals surface area contributed by atoms with Gasteiger partial charge in [-0.1, -0.05) is 24.3 Å². The van der Waals surface area contributed by atoms with Crippen LogP contribution in [0.15, 0.2) is 59.5 Å². The Balaban J connectivity index is 1.58. The van der Waals surface area contributed by atoms with Crippen molar-refractivity contribution in [2.75, 3.05) is 38.1 Å². The van der Waals surface area contributed by atoms with Crippen LogP contribution in [0, 0.1) is 5.82 Å². The molecule has 2 aromatic carbocycles. The number of nitrogens with zero attached hydrogens (tertiary/aromatic N) is 2. The summed E-state index contributed by atoms with van der Waals surface area (Å²) in [5.41, 5.74) is 1.29. The van der Waals surface area contributed by atoms with E-state index in [4.69, 9.17) is 0 Å². The summed E-state index contributed by atoms with van der Waals surface area (Å²) in [6.45, 7) is 2.15. The molecule has 0 saturated carbocycles. The molecule has 2 aromatic rings. The molecular weight excluding hydrogens is 381 g/mol. The van der Waals surface area contributed by atoms with E-state index in [2.05, 4.69) is 4.72 Å². The molecule has 1 amide bonds. The first kappa shape index (κ1) is 20.0. The van der Waals surface area contributed by atoms with Crippen molar-refractivity contribution in [2.24, 2.45) is 0 Å². The van der Waals surface area contributed by atoms with E-state index in [1.165, 1.54) is 31.3 Å². The Morgan fingerprint density at radius 2 is 1.68 bits per heavy atom. The van der Waals surface area contributed by atoms with E-state index in [-0.39, 0.29) is 16.6 Å². The van der Waals surface area contributed by atoms with Gasteiger partial charge in [-0.15, -0.1) is 0 Å². The fraction of sp³-hybridized carbons (Fsp3) is 0.250. The van der Waals surface area contributed by atoms with Crippen LogP contribution in [0.5, 0.6) is 0 Å². The predicted molar refractivity (Wildman–Crippen MR) is 107 cm³/mol. The molecule has 1 N–H and O–H groups in total. The first-order valence-corrected chi connectivity index (χ1v) is 10.4. The van der Waals surface area contributed by atoms with Crippen LogP contribution in [0.1, 0.15) is 5.56 Å². The van der Waals surface area contributed by atoms with Gasteiger partial charge < -0.3 is 9.80 Å². The number of rotatable bonds is 5. The van der Waals surface area contributed by atoms with Gasteiger partial charge >= 0.3 is 0 Å². The number of anilines is 1. The van der Waals surface area contributed by atoms with Crippen molar-refractivity contribution in [3.05, 3.63) is 66.0 Å². The van der Waals surface area contributed by atoms with Gasteiger partial charge in [0, 0.05) is 32.3 Å². The van der Waals surface area contributed by atoms with Crippen LogP contribution in [0.4, 0.5) is 10.1 Å². The van der Waals surface area contributed by atoms with Gasteiger partial charge in [0.25, 0.3) is 0 Å². The summed E-state index contributed by atoms with van der Waals surface area (Å²) >= 11 is 0. The van der Waals surface area contributed by atoms with E-state index >= 15 is 0 Å². The highest BCUT2D eigenvalue weighted by Gasteiger charge is 2.21. The van der Waals surface area contributed by atoms with Crippen LogP contribution in [-0.2, 0) is 14.8 Å². The van der Waals surface area contributed by atoms with E-state index in [0.29, 0.717) is 31.9 Å². The average molecular weight is 403 g/mol. The zero-order valence-corrected chi connectivity index (χ0v) is 16.3. The second-order valence-electron chi connectivity index (χ2n) is 6.37. The number of hydrogen-bond acceptors (Lipinski definition) is 4. The number of hydrogen-bond donors (Lipinski definition) is 1. The number of benzene rings is 2. The average Bonchev–Trinajstić information content (AvgIpc) is 2.73. The molecule has 0 spiro atoms. The standard InChI is InChI=1S/C20H22FN3O3S/c1-22-28(26,27)17-9-6-16(7-10-17)8-11-20(25)24-14-12-23(13-15-24)19-5-3-2-4-18(19)21/h2-11,22H,12-15H2,1H3/b11-8+. The molecule has 0 aliphatic carbocycles. The maximum absolute atomic E-state index is 13.9. The summed E-state index contributed by atoms with van der Waals surface area (Å²) in [5, 5.41) is 0. The van der Waals surface area contributed by atoms with E-state index < -0.39 is 10.0 Å². The normalized spacial score (nSPS) is 15.2. The van der Waals surface area contributed by atoms with Gasteiger partial charge in [0.2, 0.25) is 15.9 Å². The van der Waals surface area contributed by atoms with E-state index in [9.17, 15) is 17.6 Å². The summed E-state index contributed by atoms with van der Waals surface area (Å²) < 4.78 is 39.6. The minimum Gasteiger partial charge on any atom is -0.366 e. The second-order valence-corrected chi connectivity index (χ2v) is 8.26. The van der Waals surface area contributed by atoms with Crippen LogP contribution < -0.4 is 9.62 Å². The monoisotopic (exact) mass is 403 g/mol. The Morgan fingerprint density at radius 3 is 2.29 bits per heavy atom. The van der Waals surface area contributed by atoms with E-state index in [1.807, 2.05) is 4.90 Å². The molecule has 1 heterocycles. The molecule has 1 saturated heterocycles. The summed E-state index contributed by atoms with van der Waals surface area (Å²) in [6, 6.07) is 12.9. The highest BCUT2D eigenvalue weighted by molar-refractivity contribution is 7.89. The molecule has 0 unspecified atom stereocenters. The van der Waals surface area contributed by atoms with Gasteiger partial charge in [0.15, 0.2) is 0 Å². The van der Waals surface area contributed by atoms with Gasteiger partial charge in [-0.3, -0.25) is 4.79 Å². The molecule has 8 heteroatoms. The Hall–Kier alpha value is -2.71. The number of sulfonamides is 1. The summed E-state index contributed by atoms with van der Waals surface area (Å²) in [4.78, 5) is 16.2. The zero-order valence-electron chi connectivity index (χ0n) is 15.5. The lowest BCUT2D eigenvalue weighted by Crippen LogP contribution is -2.48. The molecular formula is C20H22FN3O3S. The van der Waals surface area contributed by atoms with Gasteiger partial charge in [-0.05, 0) is 43.0 Å². The first-order valence-electron chi connectivity index (χ1n) is 8.91. The molecule has 0 aromatic heterocycles. The fourth-order valence-corrected chi connectivity index (χ4v) is 3.75. The maximum Gasteiger partial charge on any atom is 0.246 e. The SMILES string of the molecule is CNS(=O)(=O)c1ccc(/C=C/C(=O)N2CCN(c3ccccc3F)CC2)cc1. The van der Waals surface area contributed by atoms with Gasteiger partial charge in [0.1, 0.15) is 5.82 Å². The predicted octanol–water partition coefficient (Wildman–Crippen LogP) is 2.10. The minimum atomic E-state index is -3.48. The molecule has 28 heavy (non-hydrogen) atoms. The largest absolute Gasteiger partial charge is 0.366 e. The molecule has 1 aliphatic heterocycles. The van der Waals surface area contributed by atoms with Crippen LogP contribution in [0.25, 0.3) is 6.08 Å². The zero-order chi connectivity index (χ0) is 20.1. The Kier molecular flexibility index (Phi) is 6.11. The van der Waals surface area contributed by atoms with Gasteiger partial charge in [0.05, 0.1) is 10.6 Å². The highest BCUT2D eigenvalue weighted by atomic mass is 32.2. The van der Waals surface area contributed by atoms with Crippen LogP contribution in [0.2, 0.25) is 0 Å². The number of piperazine rings is 1. The third kappa shape index (κ3) is 4.58. The number of carbonyl (C=O) groups excluding carboxylic acids is 1. The fourth-order valence-electron chi connectivity index (χ4n) is 3.02. The maximum atomic E-state index is 13.9. The third-order valence-corrected chi connectivity index (χ3v) is 6.09. The van der Waals surface area contributed by atoms with E-state index in [1.54, 1.807) is 41.3 Å². The number of para-hydroxylation sites is 1. The number of carbonyl (C=O) groups is 1. The van der Waals surface area contributed by atoms with Crippen LogP contribution in [0.3, 0.4) is 0 Å². The van der Waals surface area contributed by atoms with Crippen molar-refractivity contribution >= 4 is 27.7 Å². The molecule has 148 valence electrons. The molecule has 0 atom stereocenters. The lowest BCUT2D eigenvalue weighted by Gasteiger charge is -2.35. The molecule has 6 nitrogen and oxygen atoms in total. The summed E-state index contributed by atoms with van der Waals surface area (Å²) in [7, 11) is -2.12. The second kappa shape index (κ2) is 8.53. The Labute approximate surface area is 164 Å². The van der Waals surface area contributed by atoms with Crippen molar-refractivity contribution < 1.29 is 17.6 Å². The van der Waals surface area contributed by atoms with Crippen molar-refractivity contribution in [3.8, 4) is 0 Å². The van der Waals surface area contributed by atoms with Crippen molar-refractivity contribution in [1.82, 2.24) is 9.62 Å². The molecule has 3 rings (SSSR count). The summed E-state index contributed by atoms with van der Waals surface area (Å²) in [5.74, 6) is -0.383. The first-order chi connectivity index (χ1) is 13.4. The molecule has 0 bridgehead atoms. The lowest BCUT2D eigenvalue weighted by atomic mass is 10.2. The third-order valence-electron chi connectivity index (χ3n) is 4.66. The van der Waals surface area contributed by atoms with Crippen LogP contribution >= 0.6 is 0 Å². The lowest BCUT2D eigenvalue weighted by molar-refractivity contribution is -0.126. The number of amides is 1. The smallest absolute Gasteiger partial charge is 0.246 e. The topological polar surface area (TPSA) is 69.7 Å². The van der Waals surface area contributed by atoms with E-state index in [0.717, 1.165) is 5.56 Å². The Bertz CT molecular complexity index is 966. The van der Waals surface area contributed by atoms with Crippen molar-refractivity contribution in [1.29, 1.82) is 0 Å². The number of halogens is 1. The minimum absolute atomic E-state index is 0.125. The quantitative estimate of drug-likeness (QED) is 0.777. The molecule has 0 radical (unpaired) electrons. The van der Waals surface area contributed by atoms with Crippen LogP contribution in [-0.4, -0.2) is 52.5 Å². The Morgan fingerprint density at radius 1 is 1.04 bits per heavy atom. The molecule has 1 aliphatic rings. The highest BCUT2D eigenvalue weighted by Crippen LogP contribution is 2.20. The van der Waals surface area contributed by atoms with Gasteiger partial charge in [-0.2, -0.15) is 0 Å². The molecule has 1 fully saturated rings.